The lowest BCUT2D eigenvalue weighted by atomic mass is 9.86. The topological polar surface area (TPSA) is 116 Å². The van der Waals surface area contributed by atoms with Crippen LogP contribution in [-0.4, -0.2) is 50.9 Å². The molecule has 22 heavy (non-hydrogen) atoms. The first-order valence-electron chi connectivity index (χ1n) is 7.75. The lowest BCUT2D eigenvalue weighted by Crippen LogP contribution is -2.50. The molecule has 1 unspecified atom stereocenters. The van der Waals surface area contributed by atoms with Crippen molar-refractivity contribution >= 4 is 11.9 Å². The summed E-state index contributed by atoms with van der Waals surface area (Å²) in [5.74, 6) is -1.35. The molecule has 1 rings (SSSR count). The summed E-state index contributed by atoms with van der Waals surface area (Å²) in [5, 5.41) is 23.0. The smallest absolute Gasteiger partial charge is 0.320 e. The van der Waals surface area contributed by atoms with E-state index in [2.05, 4.69) is 5.32 Å². The van der Waals surface area contributed by atoms with E-state index in [1.807, 2.05) is 27.7 Å². The molecule has 0 aromatic carbocycles. The van der Waals surface area contributed by atoms with Crippen molar-refractivity contribution in [3.05, 3.63) is 0 Å². The number of nitrogens with one attached hydrogen (secondary N) is 1. The molecule has 1 aliphatic heterocycles. The van der Waals surface area contributed by atoms with Crippen molar-refractivity contribution in [1.82, 2.24) is 10.4 Å². The van der Waals surface area contributed by atoms with Crippen LogP contribution in [0.1, 0.15) is 53.4 Å². The zero-order chi connectivity index (χ0) is 17.1. The van der Waals surface area contributed by atoms with Gasteiger partial charge in [-0.05, 0) is 53.4 Å². The Labute approximate surface area is 131 Å². The highest BCUT2D eigenvalue weighted by molar-refractivity contribution is 5.80. The second-order valence-corrected chi connectivity index (χ2v) is 7.27. The molecule has 0 aromatic rings. The Kier molecular flexibility index (Phi) is 5.95. The number of hydrogen-bond acceptors (Lipinski definition) is 5. The lowest BCUT2D eigenvalue weighted by molar-refractivity contribution is -0.197. The van der Waals surface area contributed by atoms with Crippen LogP contribution in [0.15, 0.2) is 0 Å². The minimum absolute atomic E-state index is 0.0721. The largest absolute Gasteiger partial charge is 0.480 e. The third kappa shape index (κ3) is 4.18. The van der Waals surface area contributed by atoms with E-state index in [1.165, 1.54) is 5.06 Å². The van der Waals surface area contributed by atoms with E-state index in [-0.39, 0.29) is 11.8 Å². The van der Waals surface area contributed by atoms with Gasteiger partial charge in [0.2, 0.25) is 5.91 Å². The van der Waals surface area contributed by atoms with Crippen LogP contribution >= 0.6 is 0 Å². The van der Waals surface area contributed by atoms with Gasteiger partial charge in [0.05, 0.1) is 11.5 Å². The van der Waals surface area contributed by atoms with Crippen LogP contribution in [0.3, 0.4) is 0 Å². The summed E-state index contributed by atoms with van der Waals surface area (Å²) >= 11 is 0. The van der Waals surface area contributed by atoms with Crippen molar-refractivity contribution < 1.29 is 19.9 Å². The number of aliphatic carboxylic acids is 1. The van der Waals surface area contributed by atoms with Gasteiger partial charge in [-0.1, -0.05) is 0 Å². The maximum atomic E-state index is 12.3. The number of carboxylic acid groups (broad SMARTS) is 1. The van der Waals surface area contributed by atoms with Crippen molar-refractivity contribution in [1.29, 1.82) is 0 Å². The first-order valence-corrected chi connectivity index (χ1v) is 7.75. The number of nitrogens with two attached hydrogens (primary N) is 1. The van der Waals surface area contributed by atoms with Gasteiger partial charge in [-0.15, -0.1) is 0 Å². The molecule has 128 valence electrons. The number of carbonyl (C=O) groups excluding carboxylic acids is 1. The SMILES string of the molecule is CC1(C)CC(C(=O)NCCCC[C@H](N)C(=O)O)C(C)(C)N1O. The number of unbranched alkanes of at least 4 members (excludes halogenated alkanes) is 1. The number of hydroxylamine groups is 2. The van der Waals surface area contributed by atoms with E-state index < -0.39 is 23.1 Å². The maximum Gasteiger partial charge on any atom is 0.320 e. The zero-order valence-electron chi connectivity index (χ0n) is 13.9. The molecule has 1 amide bonds. The standard InChI is InChI=1S/C15H29N3O4/c1-14(2)9-10(15(3,4)18(14)22)12(19)17-8-6-5-7-11(16)13(20)21/h10-11,22H,5-9,16H2,1-4H3,(H,17,19)(H,20,21)/t10?,11-/m0/s1. The van der Waals surface area contributed by atoms with Crippen LogP contribution in [0.4, 0.5) is 0 Å². The van der Waals surface area contributed by atoms with Crippen molar-refractivity contribution in [3.63, 3.8) is 0 Å². The second kappa shape index (κ2) is 6.93. The Morgan fingerprint density at radius 2 is 1.91 bits per heavy atom. The second-order valence-electron chi connectivity index (χ2n) is 7.27. The molecular formula is C15H29N3O4. The van der Waals surface area contributed by atoms with Gasteiger partial charge in [0.1, 0.15) is 6.04 Å². The van der Waals surface area contributed by atoms with Gasteiger partial charge >= 0.3 is 5.97 Å². The number of amides is 1. The van der Waals surface area contributed by atoms with Crippen LogP contribution in [0, 0.1) is 5.92 Å². The van der Waals surface area contributed by atoms with E-state index in [0.717, 1.165) is 0 Å². The van der Waals surface area contributed by atoms with E-state index >= 15 is 0 Å². The van der Waals surface area contributed by atoms with Crippen molar-refractivity contribution in [2.75, 3.05) is 6.54 Å². The first kappa shape index (κ1) is 18.9. The summed E-state index contributed by atoms with van der Waals surface area (Å²) in [6.07, 6.45) is 2.33. The Bertz CT molecular complexity index is 423. The molecule has 0 aromatic heterocycles. The minimum Gasteiger partial charge on any atom is -0.480 e. The molecule has 1 heterocycles. The molecule has 1 saturated heterocycles. The third-order valence-corrected chi connectivity index (χ3v) is 4.55. The molecular weight excluding hydrogens is 286 g/mol. The molecule has 0 radical (unpaired) electrons. The Morgan fingerprint density at radius 1 is 1.32 bits per heavy atom. The Balaban J connectivity index is 2.39. The van der Waals surface area contributed by atoms with Crippen molar-refractivity contribution in [3.8, 4) is 0 Å². The first-order chi connectivity index (χ1) is 10.00. The van der Waals surface area contributed by atoms with E-state index in [4.69, 9.17) is 10.8 Å². The Morgan fingerprint density at radius 3 is 2.36 bits per heavy atom. The van der Waals surface area contributed by atoms with Gasteiger partial charge in [-0.25, -0.2) is 0 Å². The molecule has 1 fully saturated rings. The number of carbonyl (C=O) groups is 2. The van der Waals surface area contributed by atoms with Gasteiger partial charge in [0, 0.05) is 12.1 Å². The molecule has 0 bridgehead atoms. The summed E-state index contributed by atoms with van der Waals surface area (Å²) in [6, 6.07) is -0.840. The fraction of sp³-hybridized carbons (Fsp3) is 0.867. The summed E-state index contributed by atoms with van der Waals surface area (Å²) in [5.41, 5.74) is 4.38. The number of rotatable bonds is 7. The monoisotopic (exact) mass is 315 g/mol. The van der Waals surface area contributed by atoms with Gasteiger partial charge in [-0.3, -0.25) is 9.59 Å². The molecule has 1 aliphatic rings. The third-order valence-electron chi connectivity index (χ3n) is 4.55. The highest BCUT2D eigenvalue weighted by Crippen LogP contribution is 2.43. The average molecular weight is 315 g/mol. The number of nitrogens with zero attached hydrogens (tertiary/aromatic N) is 1. The summed E-state index contributed by atoms with van der Waals surface area (Å²) in [4.78, 5) is 22.9. The van der Waals surface area contributed by atoms with Crippen LogP contribution in [0.2, 0.25) is 0 Å². The molecule has 0 saturated carbocycles. The lowest BCUT2D eigenvalue weighted by Gasteiger charge is -2.35. The highest BCUT2D eigenvalue weighted by Gasteiger charge is 2.54. The predicted octanol–water partition coefficient (Wildman–Crippen LogP) is 0.953. The molecule has 5 N–H and O–H groups in total. The van der Waals surface area contributed by atoms with Gasteiger partial charge < -0.3 is 21.4 Å². The van der Waals surface area contributed by atoms with Crippen LogP contribution < -0.4 is 11.1 Å². The maximum absolute atomic E-state index is 12.3. The molecule has 0 aliphatic carbocycles. The van der Waals surface area contributed by atoms with E-state index in [1.54, 1.807) is 0 Å². The predicted molar refractivity (Wildman–Crippen MR) is 82.4 cm³/mol. The molecule has 2 atom stereocenters. The number of carboxylic acids is 1. The average Bonchev–Trinajstić information content (AvgIpc) is 2.58. The van der Waals surface area contributed by atoms with Gasteiger partial charge in [0.25, 0.3) is 0 Å². The minimum atomic E-state index is -0.998. The molecule has 7 nitrogen and oxygen atoms in total. The van der Waals surface area contributed by atoms with E-state index in [0.29, 0.717) is 32.2 Å². The normalized spacial score (nSPS) is 24.9. The number of hydrogen-bond donors (Lipinski definition) is 4. The molecule has 7 heteroatoms. The van der Waals surface area contributed by atoms with Crippen LogP contribution in [0.5, 0.6) is 0 Å². The van der Waals surface area contributed by atoms with Crippen molar-refractivity contribution in [2.45, 2.75) is 70.5 Å². The van der Waals surface area contributed by atoms with Gasteiger partial charge in [0.15, 0.2) is 0 Å². The van der Waals surface area contributed by atoms with Gasteiger partial charge in [-0.2, -0.15) is 5.06 Å². The van der Waals surface area contributed by atoms with Crippen LogP contribution in [-0.2, 0) is 9.59 Å². The quantitative estimate of drug-likeness (QED) is 0.520. The zero-order valence-corrected chi connectivity index (χ0v) is 13.9. The summed E-state index contributed by atoms with van der Waals surface area (Å²) in [7, 11) is 0. The van der Waals surface area contributed by atoms with Crippen molar-refractivity contribution in [2.24, 2.45) is 11.7 Å². The fourth-order valence-corrected chi connectivity index (χ4v) is 3.12. The Hall–Kier alpha value is -1.18. The van der Waals surface area contributed by atoms with E-state index in [9.17, 15) is 14.8 Å². The molecule has 0 spiro atoms. The fourth-order valence-electron chi connectivity index (χ4n) is 3.12. The summed E-state index contributed by atoms with van der Waals surface area (Å²) in [6.45, 7) is 8.03. The highest BCUT2D eigenvalue weighted by atomic mass is 16.5. The summed E-state index contributed by atoms with van der Waals surface area (Å²) < 4.78 is 0. The van der Waals surface area contributed by atoms with Crippen LogP contribution in [0.25, 0.3) is 0 Å².